The summed E-state index contributed by atoms with van der Waals surface area (Å²) in [5, 5.41) is 0.957. The SMILES string of the molecule is NC(=O)c1cccc(CSc2ncc(-c3ccccc3)n2CC2CCCO2)c1. The molecular weight excluding hydrogens is 370 g/mol. The summed E-state index contributed by atoms with van der Waals surface area (Å²) in [6.07, 6.45) is 4.36. The number of nitrogens with two attached hydrogens (primary N) is 1. The Hall–Kier alpha value is -2.57. The van der Waals surface area contributed by atoms with Gasteiger partial charge in [0.05, 0.1) is 24.5 Å². The van der Waals surface area contributed by atoms with E-state index in [2.05, 4.69) is 21.7 Å². The molecule has 2 heterocycles. The molecule has 1 aliphatic rings. The first-order chi connectivity index (χ1) is 13.7. The molecule has 0 spiro atoms. The van der Waals surface area contributed by atoms with Crippen molar-refractivity contribution in [3.8, 4) is 11.3 Å². The van der Waals surface area contributed by atoms with Crippen molar-refractivity contribution in [3.63, 3.8) is 0 Å². The van der Waals surface area contributed by atoms with Crippen molar-refractivity contribution >= 4 is 17.7 Å². The normalized spacial score (nSPS) is 16.4. The molecule has 1 amide bonds. The number of primary amides is 1. The van der Waals surface area contributed by atoms with Crippen LogP contribution in [0.15, 0.2) is 66.0 Å². The monoisotopic (exact) mass is 393 g/mol. The number of hydrogen-bond acceptors (Lipinski definition) is 4. The Kier molecular flexibility index (Phi) is 5.78. The highest BCUT2D eigenvalue weighted by molar-refractivity contribution is 7.98. The summed E-state index contributed by atoms with van der Waals surface area (Å²) < 4.78 is 8.13. The second kappa shape index (κ2) is 8.63. The minimum absolute atomic E-state index is 0.231. The van der Waals surface area contributed by atoms with Gasteiger partial charge in [0.1, 0.15) is 0 Å². The predicted molar refractivity (Wildman–Crippen MR) is 111 cm³/mol. The molecule has 1 aromatic heterocycles. The van der Waals surface area contributed by atoms with Crippen LogP contribution in [0.2, 0.25) is 0 Å². The van der Waals surface area contributed by atoms with Gasteiger partial charge in [-0.2, -0.15) is 0 Å². The molecule has 2 N–H and O–H groups in total. The number of amides is 1. The average Bonchev–Trinajstić information content (AvgIpc) is 3.38. The fourth-order valence-corrected chi connectivity index (χ4v) is 4.38. The first-order valence-corrected chi connectivity index (χ1v) is 10.4. The molecule has 0 bridgehead atoms. The highest BCUT2D eigenvalue weighted by Gasteiger charge is 2.20. The van der Waals surface area contributed by atoms with E-state index in [-0.39, 0.29) is 6.10 Å². The van der Waals surface area contributed by atoms with Crippen molar-refractivity contribution in [2.45, 2.75) is 36.4 Å². The van der Waals surface area contributed by atoms with Gasteiger partial charge >= 0.3 is 0 Å². The molecule has 1 fully saturated rings. The van der Waals surface area contributed by atoms with Crippen LogP contribution in [-0.4, -0.2) is 28.2 Å². The lowest BCUT2D eigenvalue weighted by atomic mass is 10.1. The highest BCUT2D eigenvalue weighted by atomic mass is 32.2. The zero-order valence-corrected chi connectivity index (χ0v) is 16.4. The molecule has 2 aromatic carbocycles. The quantitative estimate of drug-likeness (QED) is 0.613. The maximum Gasteiger partial charge on any atom is 0.248 e. The molecule has 5 nitrogen and oxygen atoms in total. The number of carbonyl (C=O) groups is 1. The zero-order chi connectivity index (χ0) is 19.3. The number of carbonyl (C=O) groups excluding carboxylic acids is 1. The lowest BCUT2D eigenvalue weighted by molar-refractivity contribution is 0.0953. The number of hydrogen-bond donors (Lipinski definition) is 1. The number of imidazole rings is 1. The number of rotatable bonds is 7. The van der Waals surface area contributed by atoms with E-state index in [1.54, 1.807) is 17.8 Å². The van der Waals surface area contributed by atoms with Crippen LogP contribution in [0.25, 0.3) is 11.3 Å². The molecule has 1 atom stereocenters. The minimum Gasteiger partial charge on any atom is -0.376 e. The van der Waals surface area contributed by atoms with Crippen LogP contribution in [0.5, 0.6) is 0 Å². The van der Waals surface area contributed by atoms with E-state index in [4.69, 9.17) is 10.5 Å². The molecule has 3 aromatic rings. The largest absolute Gasteiger partial charge is 0.376 e. The zero-order valence-electron chi connectivity index (χ0n) is 15.6. The number of aromatic nitrogens is 2. The maximum absolute atomic E-state index is 11.4. The molecule has 0 aliphatic carbocycles. The van der Waals surface area contributed by atoms with E-state index in [0.717, 1.165) is 53.7 Å². The van der Waals surface area contributed by atoms with Crippen molar-refractivity contribution in [2.75, 3.05) is 6.61 Å². The van der Waals surface area contributed by atoms with Gasteiger partial charge in [0.15, 0.2) is 5.16 Å². The molecular formula is C22H23N3O2S. The second-order valence-corrected chi connectivity index (χ2v) is 7.83. The molecule has 1 unspecified atom stereocenters. The van der Waals surface area contributed by atoms with E-state index >= 15 is 0 Å². The van der Waals surface area contributed by atoms with Crippen LogP contribution in [-0.2, 0) is 17.0 Å². The van der Waals surface area contributed by atoms with E-state index in [1.165, 1.54) is 0 Å². The third kappa shape index (κ3) is 4.29. The van der Waals surface area contributed by atoms with E-state index in [1.807, 2.05) is 42.6 Å². The molecule has 144 valence electrons. The lowest BCUT2D eigenvalue weighted by Crippen LogP contribution is -2.16. The van der Waals surface area contributed by atoms with Crippen molar-refractivity contribution in [2.24, 2.45) is 5.73 Å². The summed E-state index contributed by atoms with van der Waals surface area (Å²) in [6.45, 7) is 1.64. The first kappa shape index (κ1) is 18.8. The number of thioether (sulfide) groups is 1. The van der Waals surface area contributed by atoms with Gasteiger partial charge in [-0.15, -0.1) is 0 Å². The van der Waals surface area contributed by atoms with Crippen LogP contribution in [0, 0.1) is 0 Å². The van der Waals surface area contributed by atoms with E-state index < -0.39 is 5.91 Å². The van der Waals surface area contributed by atoms with Gasteiger partial charge in [-0.05, 0) is 36.1 Å². The van der Waals surface area contributed by atoms with Crippen LogP contribution >= 0.6 is 11.8 Å². The van der Waals surface area contributed by atoms with E-state index in [9.17, 15) is 4.79 Å². The maximum atomic E-state index is 11.4. The number of ether oxygens (including phenoxy) is 1. The van der Waals surface area contributed by atoms with Crippen LogP contribution in [0.4, 0.5) is 0 Å². The minimum atomic E-state index is -0.405. The van der Waals surface area contributed by atoms with Gasteiger partial charge in [0.25, 0.3) is 0 Å². The number of benzene rings is 2. The smallest absolute Gasteiger partial charge is 0.248 e. The van der Waals surface area contributed by atoms with Crippen molar-refractivity contribution in [1.82, 2.24) is 9.55 Å². The van der Waals surface area contributed by atoms with Gasteiger partial charge in [-0.25, -0.2) is 4.98 Å². The molecule has 0 saturated carbocycles. The second-order valence-electron chi connectivity index (χ2n) is 6.89. The van der Waals surface area contributed by atoms with Gasteiger partial charge < -0.3 is 15.0 Å². The highest BCUT2D eigenvalue weighted by Crippen LogP contribution is 2.30. The Labute approximate surface area is 168 Å². The lowest BCUT2D eigenvalue weighted by Gasteiger charge is -2.16. The number of nitrogens with zero attached hydrogens (tertiary/aromatic N) is 2. The Morgan fingerprint density at radius 2 is 2.07 bits per heavy atom. The van der Waals surface area contributed by atoms with Crippen LogP contribution in [0.1, 0.15) is 28.8 Å². The summed E-state index contributed by atoms with van der Waals surface area (Å²) >= 11 is 1.66. The Morgan fingerprint density at radius 3 is 2.82 bits per heavy atom. The molecule has 1 aliphatic heterocycles. The fourth-order valence-electron chi connectivity index (χ4n) is 3.44. The summed E-state index contributed by atoms with van der Waals surface area (Å²) in [5.41, 5.74) is 9.23. The Bertz CT molecular complexity index is 949. The first-order valence-electron chi connectivity index (χ1n) is 9.45. The topological polar surface area (TPSA) is 70.1 Å². The standard InChI is InChI=1S/C22H23N3O2S/c23-21(26)18-9-4-6-16(12-18)15-28-22-24-13-20(17-7-2-1-3-8-17)25(22)14-19-10-5-11-27-19/h1-4,6-9,12-13,19H,5,10-11,14-15H2,(H2,23,26). The molecule has 1 saturated heterocycles. The fraction of sp³-hybridized carbons (Fsp3) is 0.273. The van der Waals surface area contributed by atoms with Crippen LogP contribution in [0.3, 0.4) is 0 Å². The molecule has 6 heteroatoms. The Balaban J connectivity index is 1.58. The van der Waals surface area contributed by atoms with Gasteiger partial charge in [0.2, 0.25) is 5.91 Å². The van der Waals surface area contributed by atoms with Gasteiger partial charge in [-0.3, -0.25) is 4.79 Å². The van der Waals surface area contributed by atoms with Crippen molar-refractivity contribution in [3.05, 3.63) is 71.9 Å². The van der Waals surface area contributed by atoms with Crippen LogP contribution < -0.4 is 5.73 Å². The van der Waals surface area contributed by atoms with E-state index in [0.29, 0.717) is 5.56 Å². The molecule has 0 radical (unpaired) electrons. The van der Waals surface area contributed by atoms with Gasteiger partial charge in [-0.1, -0.05) is 54.2 Å². The summed E-state index contributed by atoms with van der Waals surface area (Å²) in [5.74, 6) is 0.316. The predicted octanol–water partition coefficient (Wildman–Crippen LogP) is 4.12. The summed E-state index contributed by atoms with van der Waals surface area (Å²) in [4.78, 5) is 16.1. The average molecular weight is 394 g/mol. The molecule has 28 heavy (non-hydrogen) atoms. The van der Waals surface area contributed by atoms with Crippen molar-refractivity contribution in [1.29, 1.82) is 0 Å². The summed E-state index contributed by atoms with van der Waals surface area (Å²) in [6, 6.07) is 17.8. The third-order valence-corrected chi connectivity index (χ3v) is 5.94. The third-order valence-electron chi connectivity index (χ3n) is 4.88. The summed E-state index contributed by atoms with van der Waals surface area (Å²) in [7, 11) is 0. The van der Waals surface area contributed by atoms with Gasteiger partial charge in [0, 0.05) is 17.9 Å². The van der Waals surface area contributed by atoms with Crippen molar-refractivity contribution < 1.29 is 9.53 Å². The molecule has 4 rings (SSSR count). The Morgan fingerprint density at radius 1 is 1.21 bits per heavy atom.